The maximum Gasteiger partial charge on any atom is 0.524 e. The number of phosphoric ester groups is 1. The zero-order valence-electron chi connectivity index (χ0n) is 62.5. The van der Waals surface area contributed by atoms with Crippen molar-refractivity contribution in [2.45, 2.75) is 167 Å². The standard InChI is InChI=1S/C72H86F10N10O19P2/c1-39-22-45(28-58(94)85-54(64(98)99)19-21-112(101,102)103)61(56(23-39)111-113(104,105)106)68(2,3)30-60(96)110-57(36-90(88-63(97)50(29-59(95)107-8)69(4,5)71(77,78)79)35-49-51(73)25-43(26-52(49)74)53-18-20-91(87-53)65(75)76)44(27-55(93)62(86-67(100)108-9)70(6,7)72(80,81)82)24-41-13-10-40(11-14-41)12-15-42-31-83-66(84-32-42)89-33-46-16-17-47(34-89)92(46)48-37-109-38-48/h10-11,13-14,18,20,22-23,25-26,31-32,44,46-48,50,54,57,62,65H,16-17,19,21,24,27-30,33-38H2,1-9H3,(H,85,94)(H,86,100)(H,88,97)(H,98,99)(H2,101,102,103)(H2,104,105,106)/t44-,46?,47?,50-,54?,57+,62-/m1/s1. The van der Waals surface area contributed by atoms with Crippen molar-refractivity contribution >= 4 is 63.0 Å². The summed E-state index contributed by atoms with van der Waals surface area (Å²) in [6.45, 7) is 2.68. The van der Waals surface area contributed by atoms with E-state index >= 15 is 44.7 Å². The third-order valence-electron chi connectivity index (χ3n) is 20.1. The largest absolute Gasteiger partial charge is 0.524 e. The van der Waals surface area contributed by atoms with E-state index in [0.29, 0.717) is 106 Å². The number of phosphoric acid groups is 1. The number of esters is 2. The Labute approximate surface area is 641 Å². The number of carboxylic acid groups (broad SMARTS) is 1. The number of carboxylic acids is 1. The molecule has 3 fully saturated rings. The first-order valence-corrected chi connectivity index (χ1v) is 38.4. The maximum absolute atomic E-state index is 16.9. The molecule has 7 atom stereocenters. The highest BCUT2D eigenvalue weighted by Crippen LogP contribution is 2.49. The molecule has 0 spiro atoms. The number of nitrogens with zero attached hydrogens (tertiary/aromatic N) is 7. The number of hydrogen-bond acceptors (Lipinski definition) is 20. The second kappa shape index (κ2) is 36.1. The van der Waals surface area contributed by atoms with Gasteiger partial charge in [-0.2, -0.15) is 40.2 Å². The zero-order chi connectivity index (χ0) is 83.8. The number of hydrogen-bond donors (Lipinski definition) is 8. The van der Waals surface area contributed by atoms with Crippen LogP contribution in [0.25, 0.3) is 11.3 Å². The number of alkyl halides is 8. The fourth-order valence-electron chi connectivity index (χ4n) is 13.8. The van der Waals surface area contributed by atoms with Gasteiger partial charge in [-0.25, -0.2) is 42.6 Å². The molecule has 8 rings (SSSR count). The van der Waals surface area contributed by atoms with E-state index in [1.807, 2.05) is 5.32 Å². The van der Waals surface area contributed by atoms with Gasteiger partial charge in [-0.05, 0) is 99.5 Å². The van der Waals surface area contributed by atoms with Crippen LogP contribution < -0.4 is 25.5 Å². The molecule has 618 valence electrons. The fraction of sp³-hybridized carbons (Fsp3) is 0.528. The van der Waals surface area contributed by atoms with Gasteiger partial charge in [0, 0.05) is 90.3 Å². The molecular weight excluding hydrogens is 1560 g/mol. The number of amides is 3. The first-order chi connectivity index (χ1) is 52.5. The Bertz CT molecular complexity index is 4430. The topological polar surface area (TPSA) is 390 Å². The summed E-state index contributed by atoms with van der Waals surface area (Å²) in [5, 5.41) is 18.0. The summed E-state index contributed by atoms with van der Waals surface area (Å²) < 4.78 is 204. The van der Waals surface area contributed by atoms with Gasteiger partial charge in [0.25, 0.3) is 0 Å². The molecule has 3 saturated heterocycles. The van der Waals surface area contributed by atoms with E-state index in [-0.39, 0.29) is 21.4 Å². The van der Waals surface area contributed by atoms with Gasteiger partial charge in [0.05, 0.1) is 93.4 Å². The van der Waals surface area contributed by atoms with Crippen molar-refractivity contribution in [3.05, 3.63) is 124 Å². The Hall–Kier alpha value is -9.12. The molecule has 41 heteroatoms. The van der Waals surface area contributed by atoms with Crippen molar-refractivity contribution < 1.29 is 135 Å². The number of carbonyl (C=O) groups is 7. The molecule has 0 saturated carbocycles. The molecule has 29 nitrogen and oxygen atoms in total. The van der Waals surface area contributed by atoms with Crippen LogP contribution in [0.4, 0.5) is 54.6 Å². The summed E-state index contributed by atoms with van der Waals surface area (Å²) in [4.78, 5) is 151. The van der Waals surface area contributed by atoms with Crippen LogP contribution in [-0.4, -0.2) is 198 Å². The number of rotatable bonds is 34. The van der Waals surface area contributed by atoms with Gasteiger partial charge in [0.1, 0.15) is 35.6 Å². The molecule has 0 aliphatic carbocycles. The van der Waals surface area contributed by atoms with Gasteiger partial charge in [0.15, 0.2) is 5.78 Å². The number of aromatic nitrogens is 4. The molecule has 2 bridgehead atoms. The van der Waals surface area contributed by atoms with E-state index in [2.05, 4.69) is 56.9 Å². The highest BCUT2D eigenvalue weighted by Gasteiger charge is 2.57. The summed E-state index contributed by atoms with van der Waals surface area (Å²) in [6, 6.07) is 6.47. The van der Waals surface area contributed by atoms with Gasteiger partial charge >= 0.3 is 58.3 Å². The van der Waals surface area contributed by atoms with Crippen LogP contribution in [0.15, 0.2) is 73.2 Å². The number of halogens is 10. The molecule has 0 radical (unpaired) electrons. The molecular formula is C72H86F10N10O19P2. The van der Waals surface area contributed by atoms with Crippen molar-refractivity contribution in [1.82, 2.24) is 45.7 Å². The quantitative estimate of drug-likeness (QED) is 0.00475. The van der Waals surface area contributed by atoms with Crippen molar-refractivity contribution in [2.75, 3.05) is 58.1 Å². The summed E-state index contributed by atoms with van der Waals surface area (Å²) in [7, 11) is -9.01. The summed E-state index contributed by atoms with van der Waals surface area (Å²) in [5.41, 5.74) is -8.13. The van der Waals surface area contributed by atoms with Gasteiger partial charge in [-0.15, -0.1) is 0 Å². The number of carbonyl (C=O) groups excluding carboxylic acids is 6. The van der Waals surface area contributed by atoms with E-state index in [1.54, 1.807) is 0 Å². The number of aryl methyl sites for hydroxylation is 1. The normalized spacial score (nSPS) is 17.2. The van der Waals surface area contributed by atoms with Gasteiger partial charge in [0.2, 0.25) is 17.8 Å². The minimum atomic E-state index is -5.67. The molecule has 113 heavy (non-hydrogen) atoms. The maximum atomic E-state index is 16.9. The van der Waals surface area contributed by atoms with Gasteiger partial charge in [-0.1, -0.05) is 57.7 Å². The summed E-state index contributed by atoms with van der Waals surface area (Å²) in [5.74, 6) is -11.0. The van der Waals surface area contributed by atoms with Gasteiger partial charge in [-0.3, -0.25) is 48.7 Å². The first kappa shape index (κ1) is 89.4. The lowest BCUT2D eigenvalue weighted by atomic mass is 9.75. The molecule has 3 aromatic carbocycles. The summed E-state index contributed by atoms with van der Waals surface area (Å²) in [6.07, 6.45) is -15.9. The Morgan fingerprint density at radius 2 is 1.37 bits per heavy atom. The van der Waals surface area contributed by atoms with Crippen LogP contribution in [0, 0.1) is 53.1 Å². The molecule has 5 heterocycles. The number of benzene rings is 3. The van der Waals surface area contributed by atoms with Crippen molar-refractivity contribution in [3.8, 4) is 28.8 Å². The monoisotopic (exact) mass is 1650 g/mol. The predicted octanol–water partition coefficient (Wildman–Crippen LogP) is 8.94. The van der Waals surface area contributed by atoms with E-state index in [9.17, 15) is 66.6 Å². The number of ether oxygens (including phenoxy) is 4. The lowest BCUT2D eigenvalue weighted by molar-refractivity contribution is -0.231. The zero-order valence-corrected chi connectivity index (χ0v) is 64.3. The number of anilines is 1. The Morgan fingerprint density at radius 1 is 0.770 bits per heavy atom. The number of ketones is 1. The highest BCUT2D eigenvalue weighted by molar-refractivity contribution is 7.51. The number of hydrazine groups is 1. The van der Waals surface area contributed by atoms with Crippen molar-refractivity contribution in [3.63, 3.8) is 0 Å². The number of piperazine rings is 1. The molecule has 5 aromatic rings. The Morgan fingerprint density at radius 3 is 1.89 bits per heavy atom. The van der Waals surface area contributed by atoms with Gasteiger partial charge < -0.3 is 53.9 Å². The minimum Gasteiger partial charge on any atom is -0.480 e. The molecule has 3 unspecified atom stereocenters. The van der Waals surface area contributed by atoms with E-state index < -0.39 is 220 Å². The van der Waals surface area contributed by atoms with Crippen LogP contribution in [0.3, 0.4) is 0 Å². The van der Waals surface area contributed by atoms with E-state index in [0.717, 1.165) is 45.4 Å². The number of aliphatic carboxylic acids is 1. The molecule has 3 aliphatic rings. The average Bonchev–Trinajstić information content (AvgIpc) is 1.74. The second-order valence-corrected chi connectivity index (χ2v) is 32.6. The number of alkyl carbamates (subject to hydrolysis) is 1. The number of methoxy groups -OCH3 is 2. The van der Waals surface area contributed by atoms with Crippen LogP contribution in [0.2, 0.25) is 0 Å². The Balaban J connectivity index is 1.27. The molecule has 2 aromatic heterocycles. The fourth-order valence-corrected chi connectivity index (χ4v) is 14.8. The third-order valence-corrected chi connectivity index (χ3v) is 21.4. The third kappa shape index (κ3) is 23.3. The van der Waals surface area contributed by atoms with Crippen LogP contribution in [-0.2, 0) is 81.6 Å². The average molecular weight is 1650 g/mol. The minimum absolute atomic E-state index is 0.0990. The molecule has 3 amide bonds. The van der Waals surface area contributed by atoms with Crippen LogP contribution >= 0.6 is 15.4 Å². The van der Waals surface area contributed by atoms with Crippen molar-refractivity contribution in [2.24, 2.45) is 22.7 Å². The van der Waals surface area contributed by atoms with E-state index in [1.165, 1.54) is 63.5 Å². The predicted molar refractivity (Wildman–Crippen MR) is 379 cm³/mol. The highest BCUT2D eigenvalue weighted by atomic mass is 31.2. The number of Topliss-reactive ketones (excluding diaryl/α,β-unsaturated/α-hetero) is 1. The Kier molecular flexibility index (Phi) is 28.6. The lowest BCUT2D eigenvalue weighted by Gasteiger charge is -2.47. The van der Waals surface area contributed by atoms with Crippen molar-refractivity contribution in [1.29, 1.82) is 0 Å². The molecule has 8 N–H and O–H groups in total. The first-order valence-electron chi connectivity index (χ1n) is 35.1. The second-order valence-electron chi connectivity index (χ2n) is 29.6. The smallest absolute Gasteiger partial charge is 0.480 e. The van der Waals surface area contributed by atoms with E-state index in [4.69, 9.17) is 14.0 Å². The summed E-state index contributed by atoms with van der Waals surface area (Å²) >= 11 is 0. The SMILES string of the molecule is COC(=O)C[C@H](C(=O)NN(Cc1c(F)cc(-c2ccn(C(F)F)n2)cc1F)C[C@H](OC(=O)CC(C)(C)c1c(CC(=O)NC(CCP(=O)(O)O)C(=O)O)cc(C)cc1OP(=O)(O)O)[C@@H](CC(=O)[C@@H](NC(=O)OC)C(C)(C)C(F)(F)F)Cc1ccc(C#Cc2cnc(N3CC4CCC(C3)N4C3COC3)nc2)cc1)C(C)(C)C(F)(F)F. The number of nitrogens with one attached hydrogen (secondary N) is 3. The molecule has 3 aliphatic heterocycles. The number of fused-ring (bicyclic) bond motifs is 2. The van der Waals surface area contributed by atoms with Crippen LogP contribution in [0.5, 0.6) is 5.75 Å². The van der Waals surface area contributed by atoms with Crippen LogP contribution in [0.1, 0.15) is 126 Å². The lowest BCUT2D eigenvalue weighted by Crippen LogP contribution is -2.62.